The molecule has 18 heavy (non-hydrogen) atoms. The summed E-state index contributed by atoms with van der Waals surface area (Å²) in [5.41, 5.74) is 5.08. The molecule has 1 atom stereocenters. The Kier molecular flexibility index (Phi) is 3.54. The van der Waals surface area contributed by atoms with Crippen molar-refractivity contribution in [1.82, 2.24) is 25.2 Å². The van der Waals surface area contributed by atoms with E-state index in [2.05, 4.69) is 20.5 Å². The van der Waals surface area contributed by atoms with E-state index in [0.29, 0.717) is 11.4 Å². The van der Waals surface area contributed by atoms with Crippen molar-refractivity contribution in [1.29, 1.82) is 0 Å². The maximum absolute atomic E-state index is 5.61. The molecule has 1 unspecified atom stereocenters. The molecule has 0 aromatic carbocycles. The maximum atomic E-state index is 5.61. The van der Waals surface area contributed by atoms with Crippen LogP contribution in [0.15, 0.2) is 18.6 Å². The van der Waals surface area contributed by atoms with Crippen molar-refractivity contribution in [3.8, 4) is 5.75 Å². The van der Waals surface area contributed by atoms with Gasteiger partial charge >= 0.3 is 0 Å². The van der Waals surface area contributed by atoms with Crippen LogP contribution < -0.4 is 16.0 Å². The van der Waals surface area contributed by atoms with Crippen LogP contribution in [0.3, 0.4) is 0 Å². The molecule has 7 heteroatoms. The lowest BCUT2D eigenvalue weighted by molar-refractivity contribution is 0.400. The Hall–Kier alpha value is -1.99. The quantitative estimate of drug-likeness (QED) is 0.588. The average molecular weight is 248 g/mol. The second-order valence-electron chi connectivity index (χ2n) is 3.90. The predicted octanol–water partition coefficient (Wildman–Crippen LogP) is 0.0798. The Balaban J connectivity index is 2.44. The summed E-state index contributed by atoms with van der Waals surface area (Å²) in [4.78, 5) is 8.53. The fourth-order valence-electron chi connectivity index (χ4n) is 1.77. The topological polar surface area (TPSA) is 90.9 Å². The van der Waals surface area contributed by atoms with Gasteiger partial charge in [0.2, 0.25) is 0 Å². The first-order valence-corrected chi connectivity index (χ1v) is 5.48. The summed E-state index contributed by atoms with van der Waals surface area (Å²) in [5, 5.41) is 4.15. The van der Waals surface area contributed by atoms with Crippen LogP contribution in [0.2, 0.25) is 0 Å². The average Bonchev–Trinajstić information content (AvgIpc) is 2.74. The second-order valence-corrected chi connectivity index (χ2v) is 3.90. The molecule has 2 heterocycles. The number of rotatable bonds is 4. The van der Waals surface area contributed by atoms with Crippen molar-refractivity contribution in [2.75, 3.05) is 7.11 Å². The molecular formula is C11H16N6O. The first-order chi connectivity index (χ1) is 8.67. The van der Waals surface area contributed by atoms with Gasteiger partial charge in [0.15, 0.2) is 5.75 Å². The number of hydrogen-bond acceptors (Lipinski definition) is 6. The van der Waals surface area contributed by atoms with Gasteiger partial charge in [-0.05, 0) is 6.92 Å². The van der Waals surface area contributed by atoms with Gasteiger partial charge in [-0.15, -0.1) is 0 Å². The summed E-state index contributed by atoms with van der Waals surface area (Å²) in [7, 11) is 3.42. The summed E-state index contributed by atoms with van der Waals surface area (Å²) < 4.78 is 6.97. The van der Waals surface area contributed by atoms with Crippen molar-refractivity contribution in [2.45, 2.75) is 13.0 Å². The molecule has 0 bridgehead atoms. The predicted molar refractivity (Wildman–Crippen MR) is 65.7 cm³/mol. The highest BCUT2D eigenvalue weighted by molar-refractivity contribution is 5.33. The van der Waals surface area contributed by atoms with Gasteiger partial charge < -0.3 is 4.74 Å². The standard InChI is InChI=1S/C11H16N6O/c1-7-4-14-8(5-13-7)10(16-12)11-9(18-3)6-15-17(11)2/h4-6,10,16H,12H2,1-3H3. The number of nitrogens with one attached hydrogen (secondary N) is 1. The number of methoxy groups -OCH3 is 1. The highest BCUT2D eigenvalue weighted by atomic mass is 16.5. The minimum absolute atomic E-state index is 0.319. The third-order valence-corrected chi connectivity index (χ3v) is 2.71. The normalized spacial score (nSPS) is 12.4. The zero-order chi connectivity index (χ0) is 13.1. The molecular weight excluding hydrogens is 232 g/mol. The number of aryl methyl sites for hydroxylation is 2. The zero-order valence-corrected chi connectivity index (χ0v) is 10.6. The summed E-state index contributed by atoms with van der Waals surface area (Å²) in [6.07, 6.45) is 5.02. The number of ether oxygens (including phenoxy) is 1. The molecule has 0 spiro atoms. The highest BCUT2D eigenvalue weighted by Gasteiger charge is 2.22. The van der Waals surface area contributed by atoms with Crippen molar-refractivity contribution >= 4 is 0 Å². The minimum atomic E-state index is -0.319. The van der Waals surface area contributed by atoms with E-state index in [0.717, 1.165) is 11.4 Å². The van der Waals surface area contributed by atoms with Crippen LogP contribution >= 0.6 is 0 Å². The summed E-state index contributed by atoms with van der Waals surface area (Å²) in [5.74, 6) is 6.27. The molecule has 0 aliphatic rings. The lowest BCUT2D eigenvalue weighted by atomic mass is 10.1. The van der Waals surface area contributed by atoms with Crippen LogP contribution in [-0.2, 0) is 7.05 Å². The van der Waals surface area contributed by atoms with E-state index < -0.39 is 0 Å². The van der Waals surface area contributed by atoms with E-state index in [4.69, 9.17) is 10.6 Å². The largest absolute Gasteiger partial charge is 0.493 e. The lowest BCUT2D eigenvalue weighted by Crippen LogP contribution is -2.31. The number of nitrogens with zero attached hydrogens (tertiary/aromatic N) is 4. The van der Waals surface area contributed by atoms with Gasteiger partial charge in [0.05, 0.1) is 30.9 Å². The maximum Gasteiger partial charge on any atom is 0.162 e. The molecule has 0 radical (unpaired) electrons. The first-order valence-electron chi connectivity index (χ1n) is 5.48. The number of aromatic nitrogens is 4. The van der Waals surface area contributed by atoms with Crippen LogP contribution in [0.25, 0.3) is 0 Å². The van der Waals surface area contributed by atoms with Crippen molar-refractivity contribution < 1.29 is 4.74 Å². The van der Waals surface area contributed by atoms with Gasteiger partial charge in [-0.2, -0.15) is 5.10 Å². The van der Waals surface area contributed by atoms with Gasteiger partial charge in [0, 0.05) is 13.2 Å². The molecule has 2 aromatic heterocycles. The van der Waals surface area contributed by atoms with E-state index in [9.17, 15) is 0 Å². The fourth-order valence-corrected chi connectivity index (χ4v) is 1.77. The second kappa shape index (κ2) is 5.11. The molecule has 0 aliphatic heterocycles. The van der Waals surface area contributed by atoms with Gasteiger partial charge in [-0.3, -0.25) is 20.5 Å². The molecule has 3 N–H and O–H groups in total. The Labute approximate surface area is 105 Å². The molecule has 96 valence electrons. The smallest absolute Gasteiger partial charge is 0.162 e. The summed E-state index contributed by atoms with van der Waals surface area (Å²) in [6, 6.07) is -0.319. The van der Waals surface area contributed by atoms with Crippen LogP contribution in [-0.4, -0.2) is 26.9 Å². The van der Waals surface area contributed by atoms with Crippen molar-refractivity contribution in [3.63, 3.8) is 0 Å². The third kappa shape index (κ3) is 2.18. The molecule has 2 rings (SSSR count). The van der Waals surface area contributed by atoms with Gasteiger partial charge in [0.1, 0.15) is 11.7 Å². The number of nitrogens with two attached hydrogens (primary N) is 1. The molecule has 0 saturated carbocycles. The minimum Gasteiger partial charge on any atom is -0.493 e. The first kappa shape index (κ1) is 12.5. The van der Waals surface area contributed by atoms with E-state index in [1.807, 2.05) is 14.0 Å². The molecule has 0 amide bonds. The Bertz CT molecular complexity index is 521. The van der Waals surface area contributed by atoms with Gasteiger partial charge in [-0.25, -0.2) is 5.43 Å². The summed E-state index contributed by atoms with van der Waals surface area (Å²) in [6.45, 7) is 1.88. The van der Waals surface area contributed by atoms with Crippen LogP contribution in [0.5, 0.6) is 5.75 Å². The van der Waals surface area contributed by atoms with E-state index >= 15 is 0 Å². The lowest BCUT2D eigenvalue weighted by Gasteiger charge is -2.16. The van der Waals surface area contributed by atoms with Crippen molar-refractivity contribution in [3.05, 3.63) is 35.7 Å². The van der Waals surface area contributed by atoms with E-state index in [-0.39, 0.29) is 6.04 Å². The van der Waals surface area contributed by atoms with Gasteiger partial charge in [0.25, 0.3) is 0 Å². The van der Waals surface area contributed by atoms with Crippen LogP contribution in [0, 0.1) is 6.92 Å². The Morgan fingerprint density at radius 3 is 2.67 bits per heavy atom. The molecule has 7 nitrogen and oxygen atoms in total. The Morgan fingerprint density at radius 1 is 1.33 bits per heavy atom. The van der Waals surface area contributed by atoms with Crippen LogP contribution in [0.4, 0.5) is 0 Å². The molecule has 2 aromatic rings. The molecule has 0 saturated heterocycles. The third-order valence-electron chi connectivity index (χ3n) is 2.71. The monoisotopic (exact) mass is 248 g/mol. The zero-order valence-electron chi connectivity index (χ0n) is 10.6. The van der Waals surface area contributed by atoms with Crippen LogP contribution in [0.1, 0.15) is 23.1 Å². The van der Waals surface area contributed by atoms with E-state index in [1.54, 1.807) is 30.4 Å². The number of hydrazine groups is 1. The SMILES string of the molecule is COc1cnn(C)c1C(NN)c1cnc(C)cn1. The van der Waals surface area contributed by atoms with Crippen molar-refractivity contribution in [2.24, 2.45) is 12.9 Å². The highest BCUT2D eigenvalue weighted by Crippen LogP contribution is 2.27. The molecule has 0 aliphatic carbocycles. The fraction of sp³-hybridized carbons (Fsp3) is 0.364. The van der Waals surface area contributed by atoms with E-state index in [1.165, 1.54) is 0 Å². The molecule has 0 fully saturated rings. The Morgan fingerprint density at radius 2 is 2.11 bits per heavy atom. The van der Waals surface area contributed by atoms with Gasteiger partial charge in [-0.1, -0.05) is 0 Å². The summed E-state index contributed by atoms with van der Waals surface area (Å²) >= 11 is 0. The number of hydrogen-bond donors (Lipinski definition) is 2.